The third-order valence-electron chi connectivity index (χ3n) is 1.82. The van der Waals surface area contributed by atoms with Crippen LogP contribution >= 0.6 is 11.6 Å². The summed E-state index contributed by atoms with van der Waals surface area (Å²) in [6.07, 6.45) is 7.83. The first kappa shape index (κ1) is 11.7. The summed E-state index contributed by atoms with van der Waals surface area (Å²) in [5, 5.41) is -0.328. The van der Waals surface area contributed by atoms with Crippen molar-refractivity contribution in [2.24, 2.45) is 0 Å². The summed E-state index contributed by atoms with van der Waals surface area (Å²) in [5.74, 6) is 0. The van der Waals surface area contributed by atoms with Gasteiger partial charge >= 0.3 is 0 Å². The van der Waals surface area contributed by atoms with Gasteiger partial charge in [-0.2, -0.15) is 0 Å². The molecule has 70 valence electrons. The number of carbonyl (C=O) groups is 1. The lowest BCUT2D eigenvalue weighted by atomic mass is 10.1. The second-order valence-corrected chi connectivity index (χ2v) is 3.35. The third kappa shape index (κ3) is 6.41. The van der Waals surface area contributed by atoms with Crippen molar-refractivity contribution in [1.82, 2.24) is 0 Å². The molecule has 0 N–H and O–H groups in total. The summed E-state index contributed by atoms with van der Waals surface area (Å²) in [6, 6.07) is 0. The number of rotatable bonds is 6. The zero-order valence-corrected chi connectivity index (χ0v) is 8.66. The standard InChI is InChI=1S/C10H17ClO/c1-3-4-5-6-7-8-9(2)10(11)12/h8H,3-7H2,1-2H3. The van der Waals surface area contributed by atoms with Gasteiger partial charge in [-0.25, -0.2) is 0 Å². The maximum absolute atomic E-state index is 10.6. The maximum atomic E-state index is 10.6. The van der Waals surface area contributed by atoms with Gasteiger partial charge in [-0.05, 0) is 31.4 Å². The lowest BCUT2D eigenvalue weighted by molar-refractivity contribution is -0.108. The van der Waals surface area contributed by atoms with Gasteiger partial charge in [-0.15, -0.1) is 0 Å². The van der Waals surface area contributed by atoms with Crippen LogP contribution in [0.2, 0.25) is 0 Å². The van der Waals surface area contributed by atoms with Crippen LogP contribution < -0.4 is 0 Å². The number of hydrogen-bond acceptors (Lipinski definition) is 1. The fraction of sp³-hybridized carbons (Fsp3) is 0.700. The van der Waals surface area contributed by atoms with E-state index in [0.717, 1.165) is 12.8 Å². The van der Waals surface area contributed by atoms with Gasteiger partial charge < -0.3 is 0 Å². The first-order valence-electron chi connectivity index (χ1n) is 4.55. The Morgan fingerprint density at radius 2 is 2.00 bits per heavy atom. The van der Waals surface area contributed by atoms with Gasteiger partial charge in [0.1, 0.15) is 0 Å². The molecule has 0 aliphatic rings. The minimum absolute atomic E-state index is 0.328. The lowest BCUT2D eigenvalue weighted by Crippen LogP contribution is -1.87. The Morgan fingerprint density at radius 1 is 1.33 bits per heavy atom. The van der Waals surface area contributed by atoms with E-state index >= 15 is 0 Å². The van der Waals surface area contributed by atoms with E-state index in [4.69, 9.17) is 11.6 Å². The second kappa shape index (κ2) is 7.35. The molecule has 0 saturated heterocycles. The largest absolute Gasteiger partial charge is 0.276 e. The van der Waals surface area contributed by atoms with Gasteiger partial charge in [0, 0.05) is 5.57 Å². The molecule has 0 rings (SSSR count). The van der Waals surface area contributed by atoms with Crippen molar-refractivity contribution in [3.05, 3.63) is 11.6 Å². The fourth-order valence-corrected chi connectivity index (χ4v) is 1.05. The van der Waals surface area contributed by atoms with Crippen molar-refractivity contribution in [2.75, 3.05) is 0 Å². The minimum Gasteiger partial charge on any atom is -0.276 e. The summed E-state index contributed by atoms with van der Waals surface area (Å²) in [6.45, 7) is 3.94. The first-order chi connectivity index (χ1) is 5.68. The average molecular weight is 189 g/mol. The summed E-state index contributed by atoms with van der Waals surface area (Å²) >= 11 is 5.26. The SMILES string of the molecule is CCCCCCC=C(C)C(=O)Cl. The highest BCUT2D eigenvalue weighted by atomic mass is 35.5. The van der Waals surface area contributed by atoms with Crippen molar-refractivity contribution in [3.63, 3.8) is 0 Å². The van der Waals surface area contributed by atoms with Crippen molar-refractivity contribution in [3.8, 4) is 0 Å². The molecule has 0 fully saturated rings. The predicted molar refractivity (Wildman–Crippen MR) is 53.4 cm³/mol. The van der Waals surface area contributed by atoms with Gasteiger partial charge in [0.05, 0.1) is 0 Å². The molecule has 0 aliphatic carbocycles. The Bertz CT molecular complexity index is 161. The molecule has 0 aromatic rings. The zero-order chi connectivity index (χ0) is 9.40. The smallest absolute Gasteiger partial charge is 0.247 e. The van der Waals surface area contributed by atoms with Crippen molar-refractivity contribution in [1.29, 1.82) is 0 Å². The molecule has 0 amide bonds. The molecule has 2 heteroatoms. The molecule has 0 heterocycles. The molecule has 0 aliphatic heterocycles. The summed E-state index contributed by atoms with van der Waals surface area (Å²) in [4.78, 5) is 10.6. The molecule has 0 radical (unpaired) electrons. The summed E-state index contributed by atoms with van der Waals surface area (Å²) in [7, 11) is 0. The van der Waals surface area contributed by atoms with Crippen molar-refractivity contribution < 1.29 is 4.79 Å². The molecular formula is C10H17ClO. The van der Waals surface area contributed by atoms with E-state index in [1.165, 1.54) is 19.3 Å². The number of unbranched alkanes of at least 4 members (excludes halogenated alkanes) is 4. The van der Waals surface area contributed by atoms with Gasteiger partial charge in [-0.1, -0.05) is 32.3 Å². The minimum atomic E-state index is -0.328. The molecule has 1 nitrogen and oxygen atoms in total. The maximum Gasteiger partial charge on any atom is 0.247 e. The van der Waals surface area contributed by atoms with Crippen LogP contribution in [-0.2, 0) is 4.79 Å². The van der Waals surface area contributed by atoms with Crippen molar-refractivity contribution in [2.45, 2.75) is 46.0 Å². The highest BCUT2D eigenvalue weighted by Crippen LogP contribution is 2.06. The molecular weight excluding hydrogens is 172 g/mol. The van der Waals surface area contributed by atoms with E-state index < -0.39 is 0 Å². The Balaban J connectivity index is 3.40. The molecule has 0 saturated carbocycles. The number of carbonyl (C=O) groups excluding carboxylic acids is 1. The molecule has 0 aromatic carbocycles. The molecule has 0 spiro atoms. The summed E-state index contributed by atoms with van der Waals surface area (Å²) in [5.41, 5.74) is 0.674. The Kier molecular flexibility index (Phi) is 7.17. The Morgan fingerprint density at radius 3 is 2.50 bits per heavy atom. The number of hydrogen-bond donors (Lipinski definition) is 0. The van der Waals surface area contributed by atoms with Crippen LogP contribution in [0, 0.1) is 0 Å². The normalized spacial score (nSPS) is 11.8. The van der Waals surface area contributed by atoms with E-state index in [1.54, 1.807) is 6.92 Å². The van der Waals surface area contributed by atoms with Crippen LogP contribution in [0.5, 0.6) is 0 Å². The van der Waals surface area contributed by atoms with Gasteiger partial charge in [0.2, 0.25) is 5.24 Å². The van der Waals surface area contributed by atoms with E-state index in [0.29, 0.717) is 5.57 Å². The molecule has 0 atom stereocenters. The number of halogens is 1. The van der Waals surface area contributed by atoms with Crippen LogP contribution in [0.15, 0.2) is 11.6 Å². The molecule has 12 heavy (non-hydrogen) atoms. The van der Waals surface area contributed by atoms with E-state index in [9.17, 15) is 4.79 Å². The van der Waals surface area contributed by atoms with Crippen molar-refractivity contribution >= 4 is 16.8 Å². The third-order valence-corrected chi connectivity index (χ3v) is 2.12. The lowest BCUT2D eigenvalue weighted by Gasteiger charge is -1.95. The van der Waals surface area contributed by atoms with E-state index in [2.05, 4.69) is 6.92 Å². The highest BCUT2D eigenvalue weighted by molar-refractivity contribution is 6.67. The quantitative estimate of drug-likeness (QED) is 0.353. The molecule has 0 unspecified atom stereocenters. The van der Waals surface area contributed by atoms with Crippen LogP contribution in [0.25, 0.3) is 0 Å². The highest BCUT2D eigenvalue weighted by Gasteiger charge is 1.96. The monoisotopic (exact) mass is 188 g/mol. The van der Waals surface area contributed by atoms with E-state index in [-0.39, 0.29) is 5.24 Å². The molecule has 0 bridgehead atoms. The average Bonchev–Trinajstić information content (AvgIpc) is 2.03. The zero-order valence-electron chi connectivity index (χ0n) is 7.90. The summed E-state index contributed by atoms with van der Waals surface area (Å²) < 4.78 is 0. The number of allylic oxidation sites excluding steroid dienone is 2. The van der Waals surface area contributed by atoms with Crippen LogP contribution in [0.1, 0.15) is 46.0 Å². The molecule has 0 aromatic heterocycles. The topological polar surface area (TPSA) is 17.1 Å². The van der Waals surface area contributed by atoms with E-state index in [1.807, 2.05) is 6.08 Å². The Hall–Kier alpha value is -0.300. The van der Waals surface area contributed by atoms with Crippen LogP contribution in [0.4, 0.5) is 0 Å². The first-order valence-corrected chi connectivity index (χ1v) is 4.93. The second-order valence-electron chi connectivity index (χ2n) is 3.01. The van der Waals surface area contributed by atoms with Crippen LogP contribution in [0.3, 0.4) is 0 Å². The Labute approximate surface area is 79.8 Å². The van der Waals surface area contributed by atoms with Gasteiger partial charge in [-0.3, -0.25) is 4.79 Å². The predicted octanol–water partition coefficient (Wildman–Crippen LogP) is 3.67. The fourth-order valence-electron chi connectivity index (χ4n) is 0.970. The van der Waals surface area contributed by atoms with Crippen LogP contribution in [-0.4, -0.2) is 5.24 Å². The van der Waals surface area contributed by atoms with Gasteiger partial charge in [0.25, 0.3) is 0 Å². The van der Waals surface area contributed by atoms with Gasteiger partial charge in [0.15, 0.2) is 0 Å².